The van der Waals surface area contributed by atoms with E-state index < -0.39 is 0 Å². The largest absolute Gasteiger partial charge is 0.379 e. The molecule has 0 aromatic carbocycles. The minimum absolute atomic E-state index is 0.0434. The number of carbonyl (C=O) groups is 1. The molecule has 1 aromatic rings. The number of rotatable bonds is 3. The Morgan fingerprint density at radius 1 is 1.12 bits per heavy atom. The predicted molar refractivity (Wildman–Crippen MR) is 94.6 cm³/mol. The zero-order valence-corrected chi connectivity index (χ0v) is 15.1. The maximum Gasteiger partial charge on any atom is 0.225 e. The Kier molecular flexibility index (Phi) is 5.30. The third-order valence-electron chi connectivity index (χ3n) is 5.13. The molecule has 3 aliphatic rings. The lowest BCUT2D eigenvalue weighted by Gasteiger charge is -2.40. The molecule has 142 valence electrons. The number of ether oxygens (including phenoxy) is 2. The molecular formula is C17H26N6O3. The summed E-state index contributed by atoms with van der Waals surface area (Å²) in [7, 11) is 0. The van der Waals surface area contributed by atoms with Crippen LogP contribution < -0.4 is 15.5 Å². The fraction of sp³-hybridized carbons (Fsp3) is 0.706. The van der Waals surface area contributed by atoms with E-state index in [2.05, 4.69) is 30.4 Å². The van der Waals surface area contributed by atoms with Crippen molar-refractivity contribution in [2.24, 2.45) is 0 Å². The molecule has 0 bridgehead atoms. The SMILES string of the molecule is Cc1nc(N2CCOCC2)ncc1C1CC(=O)NC(N2CCOCC2)N1. The number of hydrogen-bond acceptors (Lipinski definition) is 8. The van der Waals surface area contributed by atoms with Crippen LogP contribution in [-0.4, -0.2) is 79.7 Å². The zero-order valence-electron chi connectivity index (χ0n) is 15.1. The molecule has 4 rings (SSSR count). The van der Waals surface area contributed by atoms with Crippen molar-refractivity contribution in [3.8, 4) is 0 Å². The van der Waals surface area contributed by atoms with Gasteiger partial charge in [0.1, 0.15) is 6.29 Å². The van der Waals surface area contributed by atoms with Gasteiger partial charge in [-0.2, -0.15) is 0 Å². The number of nitrogens with one attached hydrogen (secondary N) is 2. The van der Waals surface area contributed by atoms with Crippen molar-refractivity contribution in [3.05, 3.63) is 17.5 Å². The molecule has 9 heteroatoms. The highest BCUT2D eigenvalue weighted by Crippen LogP contribution is 2.24. The number of aryl methyl sites for hydroxylation is 1. The van der Waals surface area contributed by atoms with Crippen molar-refractivity contribution in [2.45, 2.75) is 25.7 Å². The lowest BCUT2D eigenvalue weighted by Crippen LogP contribution is -2.63. The first-order valence-corrected chi connectivity index (χ1v) is 9.24. The summed E-state index contributed by atoms with van der Waals surface area (Å²) in [6, 6.07) is -0.0877. The van der Waals surface area contributed by atoms with Crippen LogP contribution in [0.1, 0.15) is 23.7 Å². The molecule has 3 aliphatic heterocycles. The molecule has 3 saturated heterocycles. The monoisotopic (exact) mass is 362 g/mol. The smallest absolute Gasteiger partial charge is 0.225 e. The van der Waals surface area contributed by atoms with Gasteiger partial charge < -0.3 is 19.7 Å². The molecule has 9 nitrogen and oxygen atoms in total. The third kappa shape index (κ3) is 3.80. The summed E-state index contributed by atoms with van der Waals surface area (Å²) < 4.78 is 10.8. The van der Waals surface area contributed by atoms with Gasteiger partial charge in [0.25, 0.3) is 0 Å². The number of anilines is 1. The first-order chi connectivity index (χ1) is 12.7. The molecular weight excluding hydrogens is 336 g/mol. The molecule has 2 atom stereocenters. The van der Waals surface area contributed by atoms with Crippen LogP contribution in [0.5, 0.6) is 0 Å². The van der Waals surface area contributed by atoms with Crippen LogP contribution in [0.3, 0.4) is 0 Å². The summed E-state index contributed by atoms with van der Waals surface area (Å²) in [6.07, 6.45) is 2.07. The summed E-state index contributed by atoms with van der Waals surface area (Å²) in [6.45, 7) is 7.99. The number of morpholine rings is 2. The van der Waals surface area contributed by atoms with Crippen LogP contribution in [-0.2, 0) is 14.3 Å². The Balaban J connectivity index is 1.49. The molecule has 3 fully saturated rings. The van der Waals surface area contributed by atoms with Crippen molar-refractivity contribution < 1.29 is 14.3 Å². The van der Waals surface area contributed by atoms with Crippen LogP contribution >= 0.6 is 0 Å². The first kappa shape index (κ1) is 17.6. The Bertz CT molecular complexity index is 645. The zero-order chi connectivity index (χ0) is 17.9. The van der Waals surface area contributed by atoms with E-state index in [0.717, 1.165) is 43.4 Å². The van der Waals surface area contributed by atoms with Gasteiger partial charge in [-0.1, -0.05) is 0 Å². The Morgan fingerprint density at radius 2 is 1.81 bits per heavy atom. The summed E-state index contributed by atoms with van der Waals surface area (Å²) >= 11 is 0. The van der Waals surface area contributed by atoms with Gasteiger partial charge in [-0.05, 0) is 6.92 Å². The second-order valence-electron chi connectivity index (χ2n) is 6.85. The average molecular weight is 362 g/mol. The standard InChI is InChI=1S/C17H26N6O3/c1-12-13(11-18-16(19-12)22-2-6-25-7-3-22)14-10-15(24)21-17(20-14)23-4-8-26-9-5-23/h11,14,17,20H,2-10H2,1H3,(H,21,24). The molecule has 1 amide bonds. The molecule has 2 N–H and O–H groups in total. The molecule has 0 saturated carbocycles. The molecule has 26 heavy (non-hydrogen) atoms. The highest BCUT2D eigenvalue weighted by atomic mass is 16.5. The van der Waals surface area contributed by atoms with Crippen molar-refractivity contribution in [3.63, 3.8) is 0 Å². The van der Waals surface area contributed by atoms with Crippen LogP contribution in [0.25, 0.3) is 0 Å². The Labute approximate surface area is 153 Å². The maximum atomic E-state index is 12.3. The molecule has 0 aliphatic carbocycles. The van der Waals surface area contributed by atoms with Crippen LogP contribution in [0.4, 0.5) is 5.95 Å². The Morgan fingerprint density at radius 3 is 2.50 bits per heavy atom. The van der Waals surface area contributed by atoms with Crippen molar-refractivity contribution in [1.82, 2.24) is 25.5 Å². The molecule has 0 radical (unpaired) electrons. The normalized spacial score (nSPS) is 28.0. The van der Waals surface area contributed by atoms with Crippen LogP contribution in [0.15, 0.2) is 6.20 Å². The van der Waals surface area contributed by atoms with Crippen LogP contribution in [0, 0.1) is 6.92 Å². The predicted octanol–water partition coefficient (Wildman–Crippen LogP) is -0.612. The maximum absolute atomic E-state index is 12.3. The fourth-order valence-corrected chi connectivity index (χ4v) is 3.64. The summed E-state index contributed by atoms with van der Waals surface area (Å²) in [4.78, 5) is 25.8. The van der Waals surface area contributed by atoms with Gasteiger partial charge in [-0.25, -0.2) is 9.97 Å². The quantitative estimate of drug-likeness (QED) is 0.736. The lowest BCUT2D eigenvalue weighted by atomic mass is 10.0. The fourth-order valence-electron chi connectivity index (χ4n) is 3.64. The molecule has 2 unspecified atom stereocenters. The lowest BCUT2D eigenvalue weighted by molar-refractivity contribution is -0.128. The molecule has 1 aromatic heterocycles. The van der Waals surface area contributed by atoms with Gasteiger partial charge in [0.2, 0.25) is 11.9 Å². The summed E-state index contributed by atoms with van der Waals surface area (Å²) in [5.74, 6) is 0.779. The highest BCUT2D eigenvalue weighted by Gasteiger charge is 2.32. The van der Waals surface area contributed by atoms with E-state index >= 15 is 0 Å². The number of aromatic nitrogens is 2. The van der Waals surface area contributed by atoms with E-state index in [9.17, 15) is 4.79 Å². The second-order valence-corrected chi connectivity index (χ2v) is 6.85. The molecule has 0 spiro atoms. The first-order valence-electron chi connectivity index (χ1n) is 9.24. The highest BCUT2D eigenvalue weighted by molar-refractivity contribution is 5.78. The van der Waals surface area contributed by atoms with Crippen LogP contribution in [0.2, 0.25) is 0 Å². The summed E-state index contributed by atoms with van der Waals surface area (Å²) in [5, 5.41) is 6.56. The third-order valence-corrected chi connectivity index (χ3v) is 5.13. The minimum Gasteiger partial charge on any atom is -0.379 e. The molecule has 4 heterocycles. The van der Waals surface area contributed by atoms with Gasteiger partial charge in [0, 0.05) is 56.1 Å². The number of hydrogen-bond donors (Lipinski definition) is 2. The van der Waals surface area contributed by atoms with Crippen molar-refractivity contribution in [2.75, 3.05) is 57.5 Å². The van der Waals surface area contributed by atoms with E-state index in [1.165, 1.54) is 0 Å². The Hall–Kier alpha value is -1.81. The minimum atomic E-state index is -0.177. The van der Waals surface area contributed by atoms with E-state index in [0.29, 0.717) is 32.8 Å². The number of amides is 1. The van der Waals surface area contributed by atoms with E-state index in [1.54, 1.807) is 0 Å². The topological polar surface area (TPSA) is 91.8 Å². The van der Waals surface area contributed by atoms with E-state index in [-0.39, 0.29) is 18.2 Å². The van der Waals surface area contributed by atoms with Crippen molar-refractivity contribution >= 4 is 11.9 Å². The van der Waals surface area contributed by atoms with E-state index in [4.69, 9.17) is 9.47 Å². The average Bonchev–Trinajstić information content (AvgIpc) is 2.69. The van der Waals surface area contributed by atoms with Crippen molar-refractivity contribution in [1.29, 1.82) is 0 Å². The van der Waals surface area contributed by atoms with Gasteiger partial charge in [0.15, 0.2) is 0 Å². The number of nitrogens with zero attached hydrogens (tertiary/aromatic N) is 4. The summed E-state index contributed by atoms with van der Waals surface area (Å²) in [5.41, 5.74) is 1.89. The van der Waals surface area contributed by atoms with Gasteiger partial charge in [0.05, 0.1) is 26.4 Å². The van der Waals surface area contributed by atoms with Gasteiger partial charge >= 0.3 is 0 Å². The van der Waals surface area contributed by atoms with Gasteiger partial charge in [-0.15, -0.1) is 0 Å². The van der Waals surface area contributed by atoms with Gasteiger partial charge in [-0.3, -0.25) is 15.0 Å². The second kappa shape index (κ2) is 7.83. The number of carbonyl (C=O) groups excluding carboxylic acids is 1. The van der Waals surface area contributed by atoms with E-state index in [1.807, 2.05) is 13.1 Å².